The molecule has 0 saturated heterocycles. The first kappa shape index (κ1) is 21.9. The predicted octanol–water partition coefficient (Wildman–Crippen LogP) is 4.32. The summed E-state index contributed by atoms with van der Waals surface area (Å²) in [5, 5.41) is 0. The maximum atomic E-state index is 5.68. The van der Waals surface area contributed by atoms with Crippen LogP contribution in [0.1, 0.15) is 34.6 Å². The van der Waals surface area contributed by atoms with Gasteiger partial charge in [-0.15, -0.1) is 24.8 Å². The molecule has 3 nitrogen and oxygen atoms in total. The summed E-state index contributed by atoms with van der Waals surface area (Å²) in [5.74, 6) is 0. The molecule has 0 bridgehead atoms. The standard InChI is InChI=1S/C10H15.3CH3O.2ClH.Ti/c1-7-6-10(4,5)9(3)8(7)2;3*1-2;;;/h1-5H3;3*1H3;2*1H;/q;3*-1;;;+3. The second-order valence-corrected chi connectivity index (χ2v) is 9.47. The molecular weight excluding hydrogens is 323 g/mol. The van der Waals surface area contributed by atoms with E-state index in [0.717, 1.165) is 0 Å². The first-order valence-corrected chi connectivity index (χ1v) is 8.53. The van der Waals surface area contributed by atoms with Crippen LogP contribution in [0.4, 0.5) is 0 Å². The van der Waals surface area contributed by atoms with E-state index in [1.54, 1.807) is 21.3 Å². The quantitative estimate of drug-likeness (QED) is 0.708. The SMILES string of the molecule is C[O][Ti]([O]C)([O]C)[C]1=C(C)C(C)=C(C)C1(C)C.Cl.Cl. The fourth-order valence-corrected chi connectivity index (χ4v) is 7.00. The second kappa shape index (κ2) is 7.60. The summed E-state index contributed by atoms with van der Waals surface area (Å²) < 4.78 is 18.3. The molecule has 0 aromatic heterocycles. The summed E-state index contributed by atoms with van der Waals surface area (Å²) in [6.45, 7) is 10.9. The zero-order chi connectivity index (χ0) is 13.4. The number of rotatable bonds is 4. The predicted molar refractivity (Wildman–Crippen MR) is 80.4 cm³/mol. The Morgan fingerprint density at radius 1 is 0.789 bits per heavy atom. The third-order valence-electron chi connectivity index (χ3n) is 4.17. The molecule has 1 aliphatic rings. The van der Waals surface area contributed by atoms with Gasteiger partial charge in [0.2, 0.25) is 0 Å². The van der Waals surface area contributed by atoms with Crippen molar-refractivity contribution >= 4 is 24.8 Å². The summed E-state index contributed by atoms with van der Waals surface area (Å²) in [6, 6.07) is 0. The molecule has 0 N–H and O–H groups in total. The first-order chi connectivity index (χ1) is 7.78. The molecule has 114 valence electrons. The Morgan fingerprint density at radius 2 is 1.16 bits per heavy atom. The fraction of sp³-hybridized carbons (Fsp3) is 0.692. The molecule has 0 amide bonds. The molecule has 0 aliphatic heterocycles. The molecule has 0 aromatic rings. The molecule has 0 radical (unpaired) electrons. The maximum absolute atomic E-state index is 5.68. The molecule has 0 unspecified atom stereocenters. The van der Waals surface area contributed by atoms with E-state index in [1.807, 2.05) is 0 Å². The van der Waals surface area contributed by atoms with Crippen molar-refractivity contribution in [2.75, 3.05) is 21.3 Å². The zero-order valence-corrected chi connectivity index (χ0v) is 16.2. The van der Waals surface area contributed by atoms with Crippen LogP contribution in [0.15, 0.2) is 20.6 Å². The van der Waals surface area contributed by atoms with Crippen molar-refractivity contribution in [3.05, 3.63) is 20.6 Å². The normalized spacial score (nSPS) is 18.3. The van der Waals surface area contributed by atoms with Crippen LogP contribution in [0.3, 0.4) is 0 Å². The largest absolute Gasteiger partial charge is 0.147 e. The Labute approximate surface area is 134 Å². The van der Waals surface area contributed by atoms with E-state index < -0.39 is 17.8 Å². The monoisotopic (exact) mass is 348 g/mol. The summed E-state index contributed by atoms with van der Waals surface area (Å²) >= 11 is -3.30. The van der Waals surface area contributed by atoms with E-state index in [0.29, 0.717) is 0 Å². The smallest absolute Gasteiger partial charge is 0.147 e. The Bertz CT molecular complexity index is 377. The van der Waals surface area contributed by atoms with Crippen LogP contribution < -0.4 is 0 Å². The van der Waals surface area contributed by atoms with Gasteiger partial charge in [0.05, 0.1) is 0 Å². The van der Waals surface area contributed by atoms with E-state index in [-0.39, 0.29) is 30.2 Å². The van der Waals surface area contributed by atoms with Crippen molar-refractivity contribution in [1.29, 1.82) is 0 Å². The van der Waals surface area contributed by atoms with Crippen molar-refractivity contribution in [3.63, 3.8) is 0 Å². The van der Waals surface area contributed by atoms with Crippen molar-refractivity contribution < 1.29 is 27.7 Å². The number of hydrogen-bond acceptors (Lipinski definition) is 3. The van der Waals surface area contributed by atoms with Gasteiger partial charge in [-0.2, -0.15) is 0 Å². The Hall–Kier alpha value is 0.654. The molecule has 19 heavy (non-hydrogen) atoms. The van der Waals surface area contributed by atoms with E-state index in [9.17, 15) is 0 Å². The fourth-order valence-electron chi connectivity index (χ4n) is 2.76. The third kappa shape index (κ3) is 3.29. The summed E-state index contributed by atoms with van der Waals surface area (Å²) in [6.07, 6.45) is 0. The van der Waals surface area contributed by atoms with E-state index in [4.69, 9.17) is 9.96 Å². The van der Waals surface area contributed by atoms with Crippen molar-refractivity contribution in [3.8, 4) is 0 Å². The van der Waals surface area contributed by atoms with E-state index >= 15 is 0 Å². The van der Waals surface area contributed by atoms with Crippen LogP contribution in [0.5, 0.6) is 0 Å². The van der Waals surface area contributed by atoms with E-state index in [1.165, 1.54) is 20.6 Å². The van der Waals surface area contributed by atoms with Gasteiger partial charge in [0.15, 0.2) is 0 Å². The number of hydrogen-bond donors (Lipinski definition) is 0. The summed E-state index contributed by atoms with van der Waals surface area (Å²) in [4.78, 5) is 0. The molecule has 1 aliphatic carbocycles. The van der Waals surface area contributed by atoms with E-state index in [2.05, 4.69) is 34.6 Å². The molecule has 6 heteroatoms. The number of allylic oxidation sites excluding steroid dienone is 4. The molecule has 0 heterocycles. The van der Waals surface area contributed by atoms with Crippen LogP contribution in [0.2, 0.25) is 0 Å². The van der Waals surface area contributed by atoms with Gasteiger partial charge in [0.1, 0.15) is 0 Å². The van der Waals surface area contributed by atoms with Crippen molar-refractivity contribution in [1.82, 2.24) is 0 Å². The maximum Gasteiger partial charge on any atom is -0.147 e. The van der Waals surface area contributed by atoms with Crippen molar-refractivity contribution in [2.45, 2.75) is 34.6 Å². The average Bonchev–Trinajstić information content (AvgIpc) is 2.46. The Kier molecular flexibility index (Phi) is 8.78. The Morgan fingerprint density at radius 3 is 1.37 bits per heavy atom. The minimum absolute atomic E-state index is 0. The summed E-state index contributed by atoms with van der Waals surface area (Å²) in [7, 11) is 5.06. The topological polar surface area (TPSA) is 27.7 Å². The molecule has 0 spiro atoms. The molecule has 0 aromatic carbocycles. The second-order valence-electron chi connectivity index (χ2n) is 5.04. The van der Waals surface area contributed by atoms with Crippen LogP contribution in [0.25, 0.3) is 0 Å². The first-order valence-electron chi connectivity index (χ1n) is 5.84. The van der Waals surface area contributed by atoms with Gasteiger partial charge in [-0.25, -0.2) is 0 Å². The average molecular weight is 349 g/mol. The summed E-state index contributed by atoms with van der Waals surface area (Å²) in [5.41, 5.74) is 3.96. The zero-order valence-electron chi connectivity index (χ0n) is 13.0. The molecule has 0 fully saturated rings. The van der Waals surface area contributed by atoms with Gasteiger partial charge in [-0.1, -0.05) is 0 Å². The minimum Gasteiger partial charge on any atom is -0.147 e. The molecule has 0 saturated carbocycles. The van der Waals surface area contributed by atoms with Gasteiger partial charge in [0, 0.05) is 0 Å². The molecular formula is C13H26Cl2O3Ti. The van der Waals surface area contributed by atoms with Gasteiger partial charge in [-0.3, -0.25) is 0 Å². The van der Waals surface area contributed by atoms with Crippen LogP contribution in [-0.2, 0) is 27.7 Å². The Balaban J connectivity index is 0. The van der Waals surface area contributed by atoms with Gasteiger partial charge < -0.3 is 0 Å². The molecule has 1 rings (SSSR count). The minimum atomic E-state index is -3.30. The van der Waals surface area contributed by atoms with Crippen LogP contribution >= 0.6 is 24.8 Å². The van der Waals surface area contributed by atoms with Crippen LogP contribution in [-0.4, -0.2) is 21.3 Å². The molecule has 0 atom stereocenters. The van der Waals surface area contributed by atoms with Crippen molar-refractivity contribution in [2.24, 2.45) is 5.41 Å². The number of halogens is 2. The van der Waals surface area contributed by atoms with Gasteiger partial charge >= 0.3 is 110 Å². The van der Waals surface area contributed by atoms with Gasteiger partial charge in [-0.05, 0) is 0 Å². The van der Waals surface area contributed by atoms with Gasteiger partial charge in [0.25, 0.3) is 0 Å². The third-order valence-corrected chi connectivity index (χ3v) is 9.21. The van der Waals surface area contributed by atoms with Crippen LogP contribution in [0, 0.1) is 5.41 Å².